The van der Waals surface area contributed by atoms with Crippen molar-refractivity contribution in [3.8, 4) is 11.3 Å². The predicted octanol–water partition coefficient (Wildman–Crippen LogP) is 13.2. The summed E-state index contributed by atoms with van der Waals surface area (Å²) in [5.74, 6) is -71.3. The fraction of sp³-hybridized carbons (Fsp3) is 0.241. The van der Waals surface area contributed by atoms with Gasteiger partial charge in [0.25, 0.3) is 0 Å². The van der Waals surface area contributed by atoms with Gasteiger partial charge in [0, 0.05) is 11.1 Å². The van der Waals surface area contributed by atoms with E-state index in [4.69, 9.17) is 0 Å². The van der Waals surface area contributed by atoms with Crippen molar-refractivity contribution in [2.75, 3.05) is 0 Å². The van der Waals surface area contributed by atoms with E-state index in [-0.39, 0.29) is 5.78 Å². The number of halogens is 20. The molecule has 0 saturated heterocycles. The number of nitrogens with zero attached hydrogens (tertiary/aromatic N) is 2. The molecule has 0 aliphatic rings. The first-order chi connectivity index (χ1) is 37.0. The summed E-state index contributed by atoms with van der Waals surface area (Å²) in [6.07, 6.45) is 13.1. The molecule has 78 heavy (non-hydrogen) atoms. The molecule has 0 unspecified atom stereocenters. The lowest BCUT2D eigenvalue weighted by Gasteiger charge is -2.44. The number of unbranched alkanes of at least 4 members (excludes halogenated alkanes) is 9. The molecule has 0 spiro atoms. The maximum atomic E-state index is 15.4. The molecule has 7 rings (SSSR count). The van der Waals surface area contributed by atoms with Crippen molar-refractivity contribution >= 4 is 33.8 Å². The molecular weight excluding hydrogens is 1080 g/mol. The number of carbonyl (C=O) groups excluding carboxylic acids is 1. The van der Waals surface area contributed by atoms with Crippen LogP contribution in [-0.2, 0) is 13.0 Å². The Balaban J connectivity index is 0.000000265. The van der Waals surface area contributed by atoms with Crippen molar-refractivity contribution in [1.82, 2.24) is 4.98 Å². The summed E-state index contributed by atoms with van der Waals surface area (Å²) in [5, 5.41) is 0. The topological polar surface area (TPSA) is 33.8 Å². The average molecular weight is 1120 g/mol. The number of aryl methyl sites for hydroxylation is 1. The van der Waals surface area contributed by atoms with Gasteiger partial charge in [-0.15, -0.1) is 21.9 Å². The largest absolute Gasteiger partial charge is 0.287 e. The van der Waals surface area contributed by atoms with Crippen LogP contribution in [0.3, 0.4) is 0 Å². The van der Waals surface area contributed by atoms with Gasteiger partial charge >= 0.3 is 0 Å². The third-order valence-corrected chi connectivity index (χ3v) is 13.0. The summed E-state index contributed by atoms with van der Waals surface area (Å²) in [5.41, 5.74) is -10.2. The summed E-state index contributed by atoms with van der Waals surface area (Å²) in [6.45, 7) is 2.58. The molecule has 0 amide bonds. The lowest BCUT2D eigenvalue weighted by Crippen LogP contribution is -2.81. The van der Waals surface area contributed by atoms with Crippen molar-refractivity contribution in [2.24, 2.45) is 0 Å². The quantitative estimate of drug-likeness (QED) is 0.0154. The van der Waals surface area contributed by atoms with Gasteiger partial charge in [-0.3, -0.25) is 9.78 Å². The van der Waals surface area contributed by atoms with E-state index in [1.165, 1.54) is 69.8 Å². The van der Waals surface area contributed by atoms with Crippen LogP contribution >= 0.6 is 0 Å². The summed E-state index contributed by atoms with van der Waals surface area (Å²) in [4.78, 5) is 17.0. The predicted molar refractivity (Wildman–Crippen MR) is 245 cm³/mol. The maximum absolute atomic E-state index is 15.4. The molecule has 0 saturated carbocycles. The van der Waals surface area contributed by atoms with Crippen molar-refractivity contribution in [1.29, 1.82) is 0 Å². The van der Waals surface area contributed by atoms with Gasteiger partial charge in [-0.1, -0.05) is 107 Å². The number of aromatic nitrogens is 2. The molecule has 7 aromatic rings. The SMILES string of the molecule is CCCCCCCCCCCCc1ccc(-c2cncc[n+]2CC(=O)c2ccccc2)cc1.Fc1c(F)c(F)c([B-](c2c(F)c(F)c(F)c(F)c2F)(c2c(F)c(F)c(F)c(F)c2F)c2c(F)c(F)c(F)c(F)c2F)c(F)c1F. The summed E-state index contributed by atoms with van der Waals surface area (Å²) in [7, 11) is 0. The van der Waals surface area contributed by atoms with Gasteiger partial charge in [-0.2, -0.15) is 4.57 Å². The van der Waals surface area contributed by atoms with E-state index in [1.807, 2.05) is 47.3 Å². The molecule has 1 heterocycles. The number of hydrogen-bond acceptors (Lipinski definition) is 2. The summed E-state index contributed by atoms with van der Waals surface area (Å²) in [6, 6.07) is 18.2. The van der Waals surface area contributed by atoms with Gasteiger partial charge in [-0.25, -0.2) is 87.8 Å². The van der Waals surface area contributed by atoms with Crippen LogP contribution < -0.4 is 26.4 Å². The Labute approximate surface area is 431 Å². The Morgan fingerprint density at radius 3 is 1.08 bits per heavy atom. The van der Waals surface area contributed by atoms with E-state index < -0.39 is 144 Å². The van der Waals surface area contributed by atoms with Crippen LogP contribution in [0.15, 0.2) is 73.2 Å². The van der Waals surface area contributed by atoms with Crippen LogP contribution in [0.1, 0.15) is 87.1 Å². The number of hydrogen-bond donors (Lipinski definition) is 0. The molecule has 0 aliphatic carbocycles. The summed E-state index contributed by atoms with van der Waals surface area (Å²) < 4.78 is 296. The zero-order valence-electron chi connectivity index (χ0n) is 40.4. The first kappa shape index (κ1) is 60.0. The molecule has 3 nitrogen and oxygen atoms in total. The molecule has 0 bridgehead atoms. The van der Waals surface area contributed by atoms with Gasteiger partial charge in [0.05, 0.1) is 12.4 Å². The van der Waals surface area contributed by atoms with Crippen molar-refractivity contribution < 1.29 is 97.2 Å². The highest BCUT2D eigenvalue weighted by Gasteiger charge is 2.52. The molecule has 1 aromatic heterocycles. The molecule has 0 radical (unpaired) electrons. The molecule has 6 aromatic carbocycles. The van der Waals surface area contributed by atoms with Crippen molar-refractivity contribution in [3.05, 3.63) is 201 Å². The van der Waals surface area contributed by atoms with Gasteiger partial charge in [-0.05, 0) is 30.5 Å². The molecule has 414 valence electrons. The zero-order chi connectivity index (χ0) is 57.5. The van der Waals surface area contributed by atoms with Crippen LogP contribution in [0.5, 0.6) is 0 Å². The lowest BCUT2D eigenvalue weighted by molar-refractivity contribution is -0.672. The Bertz CT molecular complexity index is 2960. The second-order valence-corrected chi connectivity index (χ2v) is 17.8. The zero-order valence-corrected chi connectivity index (χ0v) is 40.4. The normalized spacial score (nSPS) is 11.6. The first-order valence-corrected chi connectivity index (χ1v) is 23.7. The Kier molecular flexibility index (Phi) is 19.6. The smallest absolute Gasteiger partial charge is 0.231 e. The minimum Gasteiger partial charge on any atom is -0.287 e. The number of ketones is 1. The van der Waals surface area contributed by atoms with Crippen LogP contribution in [0.2, 0.25) is 0 Å². The number of carbonyl (C=O) groups is 1. The highest BCUT2D eigenvalue weighted by Crippen LogP contribution is 2.31. The van der Waals surface area contributed by atoms with E-state index in [0.717, 1.165) is 23.2 Å². The van der Waals surface area contributed by atoms with E-state index in [0.29, 0.717) is 6.54 Å². The third-order valence-electron chi connectivity index (χ3n) is 13.0. The second-order valence-electron chi connectivity index (χ2n) is 17.8. The van der Waals surface area contributed by atoms with Crippen LogP contribution in [0.4, 0.5) is 87.8 Å². The Hall–Kier alpha value is -7.27. The standard InChI is InChI=1S/C30H39N2O.C24BF20/c1-2-3-4-5-6-7-8-9-10-12-15-26-18-20-27(21-19-26)29-24-31-22-23-32(29)25-30(33)28-16-13-11-14-17-28;26-5-1(6(27)14(35)21(42)13(5)34)25(2-7(28)15(36)22(43)16(37)8(2)29,3-9(30)17(38)23(44)18(39)10(3)31)4-11(32)19(40)24(45)20(41)12(4)33/h11,13-14,16-24H,2-10,12,15,25H2,1H3;/q+1;-1. The van der Waals surface area contributed by atoms with Crippen molar-refractivity contribution in [2.45, 2.75) is 84.1 Å². The Morgan fingerprint density at radius 2 is 0.731 bits per heavy atom. The van der Waals surface area contributed by atoms with Crippen LogP contribution in [0, 0.1) is 116 Å². The van der Waals surface area contributed by atoms with Gasteiger partial charge in [0.15, 0.2) is 76.0 Å². The molecule has 0 atom stereocenters. The molecule has 24 heteroatoms. The molecule has 0 N–H and O–H groups in total. The van der Waals surface area contributed by atoms with Crippen LogP contribution in [-0.4, -0.2) is 16.9 Å². The molecular formula is C54H39BF20N2O. The molecule has 0 fully saturated rings. The fourth-order valence-electron chi connectivity index (χ4n) is 9.17. The van der Waals surface area contributed by atoms with E-state index >= 15 is 35.1 Å². The van der Waals surface area contributed by atoms with Gasteiger partial charge in [0.1, 0.15) is 52.7 Å². The van der Waals surface area contributed by atoms with Crippen LogP contribution in [0.25, 0.3) is 11.3 Å². The first-order valence-electron chi connectivity index (χ1n) is 23.7. The fourth-order valence-corrected chi connectivity index (χ4v) is 9.17. The minimum atomic E-state index is -7.22. The third kappa shape index (κ3) is 11.5. The monoisotopic (exact) mass is 1120 g/mol. The van der Waals surface area contributed by atoms with Gasteiger partial charge in [0.2, 0.25) is 18.0 Å². The van der Waals surface area contributed by atoms with Crippen molar-refractivity contribution in [3.63, 3.8) is 0 Å². The average Bonchev–Trinajstić information content (AvgIpc) is 3.18. The minimum absolute atomic E-state index is 0.102. The number of rotatable bonds is 19. The number of benzene rings is 6. The lowest BCUT2D eigenvalue weighted by atomic mass is 9.12. The highest BCUT2D eigenvalue weighted by atomic mass is 19.2. The Morgan fingerprint density at radius 1 is 0.410 bits per heavy atom. The van der Waals surface area contributed by atoms with Gasteiger partial charge < -0.3 is 0 Å². The summed E-state index contributed by atoms with van der Waals surface area (Å²) >= 11 is 0. The van der Waals surface area contributed by atoms with E-state index in [9.17, 15) is 57.5 Å². The molecule has 0 aliphatic heterocycles. The highest BCUT2D eigenvalue weighted by molar-refractivity contribution is 7.20. The second kappa shape index (κ2) is 25.5. The van der Waals surface area contributed by atoms with E-state index in [1.54, 1.807) is 6.20 Å². The van der Waals surface area contributed by atoms with E-state index in [2.05, 4.69) is 36.2 Å². The number of Topliss-reactive ketones (excluding diaryl/α,β-unsaturated/α-hetero) is 1. The maximum Gasteiger partial charge on any atom is 0.231 e.